The van der Waals surface area contributed by atoms with Crippen LogP contribution in [0.15, 0.2) is 48.5 Å². The molecule has 2 heteroatoms. The van der Waals surface area contributed by atoms with Gasteiger partial charge in [0.2, 0.25) is 0 Å². The lowest BCUT2D eigenvalue weighted by atomic mass is 9.90. The molecule has 0 aromatic heterocycles. The minimum absolute atomic E-state index is 0.339. The van der Waals surface area contributed by atoms with E-state index >= 15 is 0 Å². The van der Waals surface area contributed by atoms with Crippen molar-refractivity contribution in [2.24, 2.45) is 5.73 Å². The van der Waals surface area contributed by atoms with Gasteiger partial charge in [-0.15, -0.1) is 0 Å². The summed E-state index contributed by atoms with van der Waals surface area (Å²) in [6.45, 7) is 2.82. The van der Waals surface area contributed by atoms with Gasteiger partial charge < -0.3 is 10.5 Å². The lowest BCUT2D eigenvalue weighted by molar-refractivity contribution is 0.403. The molecule has 0 amide bonds. The Morgan fingerprint density at radius 3 is 2.43 bits per heavy atom. The van der Waals surface area contributed by atoms with Crippen molar-refractivity contribution in [1.82, 2.24) is 0 Å². The molecule has 2 aromatic rings. The highest BCUT2D eigenvalue weighted by molar-refractivity contribution is 5.40. The van der Waals surface area contributed by atoms with E-state index in [9.17, 15) is 0 Å². The van der Waals surface area contributed by atoms with Crippen LogP contribution in [0.1, 0.15) is 36.0 Å². The quantitative estimate of drug-likeness (QED) is 0.835. The number of aryl methyl sites for hydroxylation is 2. The molecule has 0 spiro atoms. The van der Waals surface area contributed by atoms with E-state index in [0.717, 1.165) is 25.0 Å². The zero-order valence-electron chi connectivity index (χ0n) is 13.0. The van der Waals surface area contributed by atoms with Gasteiger partial charge in [0.1, 0.15) is 5.75 Å². The highest BCUT2D eigenvalue weighted by atomic mass is 16.5. The van der Waals surface area contributed by atoms with Gasteiger partial charge in [0.25, 0.3) is 0 Å². The van der Waals surface area contributed by atoms with Crippen molar-refractivity contribution in [2.45, 2.75) is 32.1 Å². The Morgan fingerprint density at radius 1 is 1.05 bits per heavy atom. The summed E-state index contributed by atoms with van der Waals surface area (Å²) < 4.78 is 5.52. The number of rotatable bonds is 7. The van der Waals surface area contributed by atoms with Crippen molar-refractivity contribution in [3.05, 3.63) is 65.2 Å². The van der Waals surface area contributed by atoms with Gasteiger partial charge >= 0.3 is 0 Å². The molecule has 1 atom stereocenters. The highest BCUT2D eigenvalue weighted by Gasteiger charge is 2.15. The standard InChI is InChI=1S/C19H25NO/c1-3-15-10-12-19(21-2)18(13-15)17(14-20)11-9-16-7-5-4-6-8-16/h4-8,10,12-13,17H,3,9,11,14,20H2,1-2H3. The van der Waals surface area contributed by atoms with E-state index in [2.05, 4.69) is 55.5 Å². The number of ether oxygens (including phenoxy) is 1. The minimum Gasteiger partial charge on any atom is -0.496 e. The number of nitrogens with two attached hydrogens (primary N) is 1. The summed E-state index contributed by atoms with van der Waals surface area (Å²) in [5, 5.41) is 0. The van der Waals surface area contributed by atoms with Crippen molar-refractivity contribution >= 4 is 0 Å². The predicted octanol–water partition coefficient (Wildman–Crippen LogP) is 3.93. The molecule has 112 valence electrons. The molecule has 2 aromatic carbocycles. The topological polar surface area (TPSA) is 35.2 Å². The van der Waals surface area contributed by atoms with Crippen LogP contribution in [0.25, 0.3) is 0 Å². The first kappa shape index (κ1) is 15.6. The molecule has 0 bridgehead atoms. The average Bonchev–Trinajstić information content (AvgIpc) is 2.56. The van der Waals surface area contributed by atoms with Crippen LogP contribution >= 0.6 is 0 Å². The maximum atomic E-state index is 6.03. The molecule has 2 rings (SSSR count). The van der Waals surface area contributed by atoms with Crippen LogP contribution in [-0.2, 0) is 12.8 Å². The molecular formula is C19H25NO. The van der Waals surface area contributed by atoms with Gasteiger partial charge in [-0.25, -0.2) is 0 Å². The third kappa shape index (κ3) is 4.08. The maximum absolute atomic E-state index is 6.03. The molecule has 1 unspecified atom stereocenters. The fraction of sp³-hybridized carbons (Fsp3) is 0.368. The van der Waals surface area contributed by atoms with Crippen LogP contribution in [0.2, 0.25) is 0 Å². The summed E-state index contributed by atoms with van der Waals surface area (Å²) in [5.74, 6) is 1.29. The molecule has 0 aliphatic rings. The summed E-state index contributed by atoms with van der Waals surface area (Å²) in [7, 11) is 1.73. The fourth-order valence-electron chi connectivity index (χ4n) is 2.71. The summed E-state index contributed by atoms with van der Waals surface area (Å²) >= 11 is 0. The van der Waals surface area contributed by atoms with Gasteiger partial charge in [-0.05, 0) is 48.6 Å². The molecule has 0 aliphatic carbocycles. The van der Waals surface area contributed by atoms with Gasteiger partial charge in [-0.2, -0.15) is 0 Å². The van der Waals surface area contributed by atoms with Gasteiger partial charge in [0.05, 0.1) is 7.11 Å². The van der Waals surface area contributed by atoms with Crippen molar-refractivity contribution in [3.63, 3.8) is 0 Å². The number of hydrogen-bond donors (Lipinski definition) is 1. The van der Waals surface area contributed by atoms with Crippen LogP contribution in [0.3, 0.4) is 0 Å². The molecule has 2 N–H and O–H groups in total. The van der Waals surface area contributed by atoms with Gasteiger partial charge in [0, 0.05) is 5.92 Å². The van der Waals surface area contributed by atoms with Gasteiger partial charge in [0.15, 0.2) is 0 Å². The Kier molecular flexibility index (Phi) is 5.82. The van der Waals surface area contributed by atoms with Crippen LogP contribution in [0, 0.1) is 0 Å². The summed E-state index contributed by atoms with van der Waals surface area (Å²) in [6.07, 6.45) is 3.12. The van der Waals surface area contributed by atoms with Crippen LogP contribution < -0.4 is 10.5 Å². The van der Waals surface area contributed by atoms with Crippen molar-refractivity contribution in [3.8, 4) is 5.75 Å². The van der Waals surface area contributed by atoms with E-state index < -0.39 is 0 Å². The second kappa shape index (κ2) is 7.84. The second-order valence-electron chi connectivity index (χ2n) is 5.39. The third-order valence-corrected chi connectivity index (χ3v) is 4.05. The van der Waals surface area contributed by atoms with Crippen LogP contribution in [0.4, 0.5) is 0 Å². The van der Waals surface area contributed by atoms with Gasteiger partial charge in [-0.3, -0.25) is 0 Å². The van der Waals surface area contributed by atoms with E-state index in [0.29, 0.717) is 12.5 Å². The number of benzene rings is 2. The molecule has 0 fully saturated rings. The lowest BCUT2D eigenvalue weighted by Crippen LogP contribution is -2.14. The first-order valence-electron chi connectivity index (χ1n) is 7.69. The summed E-state index contributed by atoms with van der Waals surface area (Å²) in [6, 6.07) is 17.0. The Bertz CT molecular complexity index is 551. The minimum atomic E-state index is 0.339. The molecule has 0 radical (unpaired) electrons. The first-order chi connectivity index (χ1) is 10.3. The number of methoxy groups -OCH3 is 1. The van der Waals surface area contributed by atoms with Crippen LogP contribution in [-0.4, -0.2) is 13.7 Å². The van der Waals surface area contributed by atoms with E-state index in [1.165, 1.54) is 16.7 Å². The maximum Gasteiger partial charge on any atom is 0.122 e. The SMILES string of the molecule is CCc1ccc(OC)c(C(CN)CCc2ccccc2)c1. The van der Waals surface area contributed by atoms with E-state index in [1.807, 2.05) is 0 Å². The predicted molar refractivity (Wildman–Crippen MR) is 88.9 cm³/mol. The van der Waals surface area contributed by atoms with Crippen molar-refractivity contribution in [1.29, 1.82) is 0 Å². The van der Waals surface area contributed by atoms with Crippen molar-refractivity contribution in [2.75, 3.05) is 13.7 Å². The van der Waals surface area contributed by atoms with E-state index in [1.54, 1.807) is 7.11 Å². The monoisotopic (exact) mass is 283 g/mol. The normalized spacial score (nSPS) is 12.1. The molecule has 0 saturated carbocycles. The molecular weight excluding hydrogens is 258 g/mol. The van der Waals surface area contributed by atoms with E-state index in [4.69, 9.17) is 10.5 Å². The Morgan fingerprint density at radius 2 is 1.81 bits per heavy atom. The second-order valence-corrected chi connectivity index (χ2v) is 5.39. The Balaban J connectivity index is 2.16. The summed E-state index contributed by atoms with van der Waals surface area (Å²) in [5.41, 5.74) is 9.97. The van der Waals surface area contributed by atoms with Gasteiger partial charge in [-0.1, -0.05) is 49.4 Å². The Hall–Kier alpha value is -1.80. The zero-order valence-corrected chi connectivity index (χ0v) is 13.0. The lowest BCUT2D eigenvalue weighted by Gasteiger charge is -2.19. The molecule has 0 aliphatic heterocycles. The zero-order chi connectivity index (χ0) is 15.1. The molecule has 0 heterocycles. The fourth-order valence-corrected chi connectivity index (χ4v) is 2.71. The molecule has 0 saturated heterocycles. The first-order valence-corrected chi connectivity index (χ1v) is 7.69. The third-order valence-electron chi connectivity index (χ3n) is 4.05. The highest BCUT2D eigenvalue weighted by Crippen LogP contribution is 2.30. The Labute approximate surface area is 127 Å². The average molecular weight is 283 g/mol. The molecule has 2 nitrogen and oxygen atoms in total. The largest absolute Gasteiger partial charge is 0.496 e. The smallest absolute Gasteiger partial charge is 0.122 e. The number of hydrogen-bond acceptors (Lipinski definition) is 2. The van der Waals surface area contributed by atoms with Crippen LogP contribution in [0.5, 0.6) is 5.75 Å². The molecule has 21 heavy (non-hydrogen) atoms. The van der Waals surface area contributed by atoms with Crippen molar-refractivity contribution < 1.29 is 4.74 Å². The summed E-state index contributed by atoms with van der Waals surface area (Å²) in [4.78, 5) is 0. The van der Waals surface area contributed by atoms with E-state index in [-0.39, 0.29) is 0 Å².